The molecule has 0 bridgehead atoms. The van der Waals surface area contributed by atoms with Crippen molar-refractivity contribution in [3.63, 3.8) is 0 Å². The lowest BCUT2D eigenvalue weighted by atomic mass is 9.74. The lowest BCUT2D eigenvalue weighted by Crippen LogP contribution is -2.22. The van der Waals surface area contributed by atoms with Gasteiger partial charge in [0.1, 0.15) is 5.58 Å². The zero-order valence-corrected chi connectivity index (χ0v) is 31.0. The van der Waals surface area contributed by atoms with Gasteiger partial charge in [-0.3, -0.25) is 0 Å². The third-order valence-electron chi connectivity index (χ3n) is 12.0. The summed E-state index contributed by atoms with van der Waals surface area (Å²) in [5.41, 5.74) is 15.7. The number of benzene rings is 9. The molecule has 11 rings (SSSR count). The van der Waals surface area contributed by atoms with Crippen LogP contribution in [-0.4, -0.2) is 0 Å². The number of hydrogen-bond acceptors (Lipinski definition) is 2. The Hall–Kier alpha value is -7.16. The molecule has 0 aliphatic heterocycles. The minimum absolute atomic E-state index is 0.347. The second-order valence-corrected chi connectivity index (χ2v) is 14.9. The van der Waals surface area contributed by atoms with Crippen LogP contribution in [0.15, 0.2) is 211 Å². The predicted molar refractivity (Wildman–Crippen MR) is 234 cm³/mol. The Bertz CT molecular complexity index is 3100. The van der Waals surface area contributed by atoms with E-state index < -0.39 is 0 Å². The van der Waals surface area contributed by atoms with Gasteiger partial charge in [-0.05, 0) is 80.9 Å². The van der Waals surface area contributed by atoms with Crippen molar-refractivity contribution in [2.75, 3.05) is 4.90 Å². The Morgan fingerprint density at radius 2 is 0.982 bits per heavy atom. The molecule has 1 unspecified atom stereocenters. The first-order valence-electron chi connectivity index (χ1n) is 19.4. The van der Waals surface area contributed by atoms with Crippen molar-refractivity contribution in [3.05, 3.63) is 223 Å². The lowest BCUT2D eigenvalue weighted by molar-refractivity contribution is 0.669. The molecular weight excluding hydrogens is 679 g/mol. The van der Waals surface area contributed by atoms with E-state index in [1.165, 1.54) is 55.3 Å². The van der Waals surface area contributed by atoms with Gasteiger partial charge in [-0.15, -0.1) is 0 Å². The van der Waals surface area contributed by atoms with Crippen LogP contribution in [0.5, 0.6) is 0 Å². The van der Waals surface area contributed by atoms with Crippen molar-refractivity contribution in [1.29, 1.82) is 0 Å². The quantitative estimate of drug-likeness (QED) is 0.170. The Kier molecular flexibility index (Phi) is 7.33. The van der Waals surface area contributed by atoms with E-state index in [0.29, 0.717) is 0 Å². The summed E-state index contributed by atoms with van der Waals surface area (Å²) in [5.74, 6) is 0. The summed E-state index contributed by atoms with van der Waals surface area (Å²) < 4.78 is 6.86. The van der Waals surface area contributed by atoms with Gasteiger partial charge >= 0.3 is 0 Å². The topological polar surface area (TPSA) is 16.4 Å². The summed E-state index contributed by atoms with van der Waals surface area (Å²) in [5, 5.41) is 4.65. The number of fused-ring (bicyclic) bond motifs is 7. The van der Waals surface area contributed by atoms with E-state index >= 15 is 0 Å². The second kappa shape index (κ2) is 12.7. The van der Waals surface area contributed by atoms with Crippen LogP contribution in [0.3, 0.4) is 0 Å². The van der Waals surface area contributed by atoms with Crippen LogP contribution in [0.1, 0.15) is 23.6 Å². The first kappa shape index (κ1) is 32.3. The van der Waals surface area contributed by atoms with Crippen molar-refractivity contribution >= 4 is 49.8 Å². The lowest BCUT2D eigenvalue weighted by Gasteiger charge is -2.31. The van der Waals surface area contributed by atoms with E-state index in [-0.39, 0.29) is 5.41 Å². The van der Waals surface area contributed by atoms with Crippen LogP contribution in [0.25, 0.3) is 66.1 Å². The molecule has 0 fully saturated rings. The highest BCUT2D eigenvalue weighted by atomic mass is 16.3. The molecule has 0 N–H and O–H groups in total. The first-order valence-corrected chi connectivity index (χ1v) is 19.4. The zero-order chi connectivity index (χ0) is 37.2. The Morgan fingerprint density at radius 1 is 0.411 bits per heavy atom. The summed E-state index contributed by atoms with van der Waals surface area (Å²) in [4.78, 5) is 2.47. The molecule has 0 amide bonds. The van der Waals surface area contributed by atoms with Gasteiger partial charge in [0.2, 0.25) is 0 Å². The van der Waals surface area contributed by atoms with Gasteiger partial charge in [0.05, 0.1) is 17.1 Å². The number of furan rings is 1. The van der Waals surface area contributed by atoms with Crippen LogP contribution in [0.2, 0.25) is 0 Å². The van der Waals surface area contributed by atoms with Crippen molar-refractivity contribution in [3.8, 4) is 33.4 Å². The molecule has 56 heavy (non-hydrogen) atoms. The Balaban J connectivity index is 1.25. The number of nitrogens with zero attached hydrogens (tertiary/aromatic N) is 1. The summed E-state index contributed by atoms with van der Waals surface area (Å²) in [6, 6.07) is 74.7. The van der Waals surface area contributed by atoms with Crippen molar-refractivity contribution in [2.45, 2.75) is 12.3 Å². The fraction of sp³-hybridized carbons (Fsp3) is 0.0370. The highest BCUT2D eigenvalue weighted by molar-refractivity contribution is 6.13. The van der Waals surface area contributed by atoms with E-state index in [4.69, 9.17) is 4.42 Å². The van der Waals surface area contributed by atoms with E-state index in [1.54, 1.807) is 0 Å². The number of anilines is 3. The van der Waals surface area contributed by atoms with Gasteiger partial charge < -0.3 is 9.32 Å². The Morgan fingerprint density at radius 3 is 1.82 bits per heavy atom. The van der Waals surface area contributed by atoms with Crippen molar-refractivity contribution < 1.29 is 4.42 Å². The molecule has 1 atom stereocenters. The molecule has 1 aromatic heterocycles. The van der Waals surface area contributed by atoms with Gasteiger partial charge in [-0.25, -0.2) is 0 Å². The monoisotopic (exact) mass is 715 g/mol. The molecule has 1 aliphatic rings. The van der Waals surface area contributed by atoms with Gasteiger partial charge in [-0.1, -0.05) is 182 Å². The molecule has 2 nitrogen and oxygen atoms in total. The SMILES string of the molecule is CC1(c2ccccc2)c2ccccc2-c2c(N(c3ccccc3-c3cccc4cccc(-c5ccccc5)c34)c3cccc4c3oc3ccccc34)cccc21. The maximum absolute atomic E-state index is 6.86. The largest absolute Gasteiger partial charge is 0.454 e. The molecule has 0 saturated heterocycles. The molecule has 0 saturated carbocycles. The van der Waals surface area contributed by atoms with Crippen molar-refractivity contribution in [2.24, 2.45) is 0 Å². The number of para-hydroxylation sites is 3. The van der Waals surface area contributed by atoms with Crippen LogP contribution >= 0.6 is 0 Å². The van der Waals surface area contributed by atoms with E-state index in [9.17, 15) is 0 Å². The van der Waals surface area contributed by atoms with Gasteiger partial charge in [0.15, 0.2) is 5.58 Å². The maximum Gasteiger partial charge on any atom is 0.159 e. The molecule has 264 valence electrons. The molecule has 0 spiro atoms. The minimum atomic E-state index is -0.347. The number of rotatable bonds is 6. The van der Waals surface area contributed by atoms with Gasteiger partial charge in [0.25, 0.3) is 0 Å². The normalized spacial score (nSPS) is 14.6. The molecule has 0 radical (unpaired) electrons. The van der Waals surface area contributed by atoms with E-state index in [0.717, 1.165) is 44.6 Å². The smallest absolute Gasteiger partial charge is 0.159 e. The summed E-state index contributed by atoms with van der Waals surface area (Å²) in [6.45, 7) is 2.39. The zero-order valence-electron chi connectivity index (χ0n) is 31.0. The summed E-state index contributed by atoms with van der Waals surface area (Å²) in [7, 11) is 0. The highest BCUT2D eigenvalue weighted by Gasteiger charge is 2.42. The molecule has 10 aromatic rings. The number of hydrogen-bond donors (Lipinski definition) is 0. The molecule has 1 aliphatic carbocycles. The van der Waals surface area contributed by atoms with E-state index in [1.807, 2.05) is 6.07 Å². The third kappa shape index (κ3) is 4.76. The average Bonchev–Trinajstić information content (AvgIpc) is 3.78. The summed E-state index contributed by atoms with van der Waals surface area (Å²) >= 11 is 0. The fourth-order valence-corrected chi connectivity index (χ4v) is 9.41. The maximum atomic E-state index is 6.86. The molecule has 2 heteroatoms. The second-order valence-electron chi connectivity index (χ2n) is 14.9. The van der Waals surface area contributed by atoms with Crippen LogP contribution < -0.4 is 4.90 Å². The van der Waals surface area contributed by atoms with Crippen LogP contribution in [-0.2, 0) is 5.41 Å². The minimum Gasteiger partial charge on any atom is -0.454 e. The van der Waals surface area contributed by atoms with Crippen LogP contribution in [0.4, 0.5) is 17.1 Å². The van der Waals surface area contributed by atoms with Crippen LogP contribution in [0, 0.1) is 0 Å². The average molecular weight is 716 g/mol. The first-order chi connectivity index (χ1) is 27.7. The predicted octanol–water partition coefficient (Wildman–Crippen LogP) is 14.9. The summed E-state index contributed by atoms with van der Waals surface area (Å²) in [6.07, 6.45) is 0. The van der Waals surface area contributed by atoms with Gasteiger partial charge in [0, 0.05) is 27.3 Å². The molecule has 1 heterocycles. The molecule has 9 aromatic carbocycles. The molecular formula is C54H37NO. The Labute approximate surface area is 326 Å². The van der Waals surface area contributed by atoms with E-state index in [2.05, 4.69) is 212 Å². The van der Waals surface area contributed by atoms with Gasteiger partial charge in [-0.2, -0.15) is 0 Å². The third-order valence-corrected chi connectivity index (χ3v) is 12.0. The highest BCUT2D eigenvalue weighted by Crippen LogP contribution is 2.58. The standard InChI is InChI=1S/C54H37NO/c1-54(38-22-6-3-7-23-38)45-30-11-8-26-44(45)52-46(54)31-17-33-48(52)55(49-34-16-29-43-41-25-10-13-35-50(41)56-53(43)49)47-32-12-9-24-40(47)42-28-15-21-37-20-14-27-39(51(37)42)36-18-4-2-5-19-36/h2-35H,1H3. The van der Waals surface area contributed by atoms with Crippen molar-refractivity contribution in [1.82, 2.24) is 0 Å². The fourth-order valence-electron chi connectivity index (χ4n) is 9.41.